The summed E-state index contributed by atoms with van der Waals surface area (Å²) in [6.45, 7) is 0. The van der Waals surface area contributed by atoms with Crippen molar-refractivity contribution in [3.05, 3.63) is 75.1 Å². The number of halogens is 4. The first-order chi connectivity index (χ1) is 12.7. The number of benzene rings is 2. The maximum absolute atomic E-state index is 13.4. The van der Waals surface area contributed by atoms with Crippen LogP contribution in [0.5, 0.6) is 0 Å². The Bertz CT molecular complexity index is 1030. The predicted molar refractivity (Wildman–Crippen MR) is 95.7 cm³/mol. The Balaban J connectivity index is 2.31. The van der Waals surface area contributed by atoms with Gasteiger partial charge in [0.2, 0.25) is 0 Å². The fraction of sp³-hybridized carbons (Fsp3) is 0.167. The first-order valence-corrected chi connectivity index (χ1v) is 9.87. The summed E-state index contributed by atoms with van der Waals surface area (Å²) < 4.78 is 71.0. The van der Waals surface area contributed by atoms with Crippen LogP contribution in [0.4, 0.5) is 13.2 Å². The van der Waals surface area contributed by atoms with Crippen molar-refractivity contribution in [1.29, 1.82) is 5.26 Å². The lowest BCUT2D eigenvalue weighted by molar-refractivity contribution is -0.0427. The molecule has 0 bridgehead atoms. The number of sulfone groups is 1. The summed E-state index contributed by atoms with van der Waals surface area (Å²) in [5, 5.41) is 9.41. The molecule has 27 heavy (non-hydrogen) atoms. The Morgan fingerprint density at radius 1 is 1.04 bits per heavy atom. The van der Waals surface area contributed by atoms with Crippen molar-refractivity contribution in [2.45, 2.75) is 17.5 Å². The largest absolute Gasteiger partial charge is 0.501 e. The van der Waals surface area contributed by atoms with Crippen molar-refractivity contribution in [2.75, 3.05) is 0 Å². The van der Waals surface area contributed by atoms with Crippen LogP contribution in [-0.4, -0.2) is 20.0 Å². The molecule has 1 aliphatic heterocycles. The third-order valence-corrected chi connectivity index (χ3v) is 6.20. The van der Waals surface area contributed by atoms with Crippen LogP contribution in [0.2, 0.25) is 0 Å². The summed E-state index contributed by atoms with van der Waals surface area (Å²) in [6, 6.07) is 15.4. The van der Waals surface area contributed by atoms with Gasteiger partial charge in [0.1, 0.15) is 16.7 Å². The van der Waals surface area contributed by atoms with Gasteiger partial charge in [0.25, 0.3) is 9.84 Å². The summed E-state index contributed by atoms with van der Waals surface area (Å²) in [5.41, 5.74) is -5.14. The quantitative estimate of drug-likeness (QED) is 0.666. The van der Waals surface area contributed by atoms with Gasteiger partial charge in [0.15, 0.2) is 6.10 Å². The van der Waals surface area contributed by atoms with E-state index in [9.17, 15) is 26.9 Å². The van der Waals surface area contributed by atoms with Crippen molar-refractivity contribution in [1.82, 2.24) is 0 Å². The monoisotopic (exact) mass is 457 g/mol. The van der Waals surface area contributed by atoms with Crippen molar-refractivity contribution in [3.8, 4) is 6.07 Å². The molecule has 0 N–H and O–H groups in total. The van der Waals surface area contributed by atoms with Gasteiger partial charge >= 0.3 is 5.51 Å². The average molecular weight is 458 g/mol. The van der Waals surface area contributed by atoms with Crippen LogP contribution < -0.4 is 0 Å². The van der Waals surface area contributed by atoms with Crippen LogP contribution in [0.3, 0.4) is 0 Å². The van der Waals surface area contributed by atoms with Gasteiger partial charge in [-0.1, -0.05) is 58.4 Å². The van der Waals surface area contributed by atoms with E-state index in [0.29, 0.717) is 4.47 Å². The van der Waals surface area contributed by atoms with Crippen LogP contribution in [0.15, 0.2) is 64.0 Å². The van der Waals surface area contributed by atoms with Gasteiger partial charge in [0.05, 0.1) is 5.92 Å². The van der Waals surface area contributed by atoms with Gasteiger partial charge in [-0.15, -0.1) is 0 Å². The van der Waals surface area contributed by atoms with Gasteiger partial charge in [-0.3, -0.25) is 0 Å². The zero-order chi connectivity index (χ0) is 19.8. The number of alkyl halides is 3. The van der Waals surface area contributed by atoms with E-state index in [1.165, 1.54) is 24.3 Å². The maximum Gasteiger partial charge on any atom is 0.501 e. The summed E-state index contributed by atoms with van der Waals surface area (Å²) >= 11 is 3.21. The summed E-state index contributed by atoms with van der Waals surface area (Å²) in [4.78, 5) is -0.949. The van der Waals surface area contributed by atoms with E-state index in [4.69, 9.17) is 4.74 Å². The smallest absolute Gasteiger partial charge is 0.473 e. The zero-order valence-corrected chi connectivity index (χ0v) is 15.8. The molecule has 0 unspecified atom stereocenters. The lowest BCUT2D eigenvalue weighted by Crippen LogP contribution is -2.28. The highest BCUT2D eigenvalue weighted by Crippen LogP contribution is 2.49. The minimum absolute atomic E-state index is 0.139. The lowest BCUT2D eigenvalue weighted by atomic mass is 9.94. The predicted octanol–water partition coefficient (Wildman–Crippen LogP) is 4.76. The molecule has 0 saturated carbocycles. The topological polar surface area (TPSA) is 67.2 Å². The molecule has 2 aromatic carbocycles. The molecular weight excluding hydrogens is 447 g/mol. The van der Waals surface area contributed by atoms with E-state index < -0.39 is 38.0 Å². The molecule has 1 aliphatic rings. The SMILES string of the molecule is N#C[C@@H]1OC(c2ccc(Br)cc2)=C(S(=O)(=O)C(F)(F)F)[C@H]1c1ccccc1. The van der Waals surface area contributed by atoms with Gasteiger partial charge in [-0.2, -0.15) is 18.4 Å². The van der Waals surface area contributed by atoms with Crippen molar-refractivity contribution >= 4 is 31.5 Å². The highest BCUT2D eigenvalue weighted by atomic mass is 79.9. The van der Waals surface area contributed by atoms with E-state index in [2.05, 4.69) is 15.9 Å². The van der Waals surface area contributed by atoms with E-state index in [0.717, 1.165) is 0 Å². The second-order valence-corrected chi connectivity index (χ2v) is 8.53. The second kappa shape index (κ2) is 7.02. The number of ether oxygens (including phenoxy) is 1. The molecule has 0 saturated heterocycles. The molecule has 2 aromatic rings. The highest BCUT2D eigenvalue weighted by Gasteiger charge is 2.56. The van der Waals surface area contributed by atoms with Crippen molar-refractivity contribution in [3.63, 3.8) is 0 Å². The minimum Gasteiger partial charge on any atom is -0.473 e. The third-order valence-electron chi connectivity index (χ3n) is 4.04. The summed E-state index contributed by atoms with van der Waals surface area (Å²) in [6.07, 6.45) is -1.40. The second-order valence-electron chi connectivity index (χ2n) is 5.71. The fourth-order valence-corrected chi connectivity index (χ4v) is 4.36. The Morgan fingerprint density at radius 3 is 2.15 bits per heavy atom. The van der Waals surface area contributed by atoms with Crippen LogP contribution in [0, 0.1) is 11.3 Å². The Kier molecular flexibility index (Phi) is 5.06. The van der Waals surface area contributed by atoms with Crippen molar-refractivity contribution < 1.29 is 26.3 Å². The molecule has 9 heteroatoms. The molecule has 1 heterocycles. The number of rotatable bonds is 3. The maximum atomic E-state index is 13.4. The molecule has 0 aliphatic carbocycles. The molecule has 140 valence electrons. The first-order valence-electron chi connectivity index (χ1n) is 7.59. The molecule has 0 fully saturated rings. The van der Waals surface area contributed by atoms with Crippen LogP contribution in [-0.2, 0) is 14.6 Å². The normalized spacial score (nSPS) is 20.3. The molecule has 0 amide bonds. The lowest BCUT2D eigenvalue weighted by Gasteiger charge is -2.17. The standard InChI is InChI=1S/C18H11BrF3NO3S/c19-13-8-6-12(7-9-13)16-17(27(24,25)18(20,21)22)15(14(10-23)26-16)11-4-2-1-3-5-11/h1-9,14-15H/t14-,15-/m0/s1. The molecular formula is C18H11BrF3NO3S. The molecule has 4 nitrogen and oxygen atoms in total. The number of hydrogen-bond acceptors (Lipinski definition) is 4. The Hall–Kier alpha value is -2.31. The zero-order valence-electron chi connectivity index (χ0n) is 13.4. The van der Waals surface area contributed by atoms with E-state index >= 15 is 0 Å². The van der Waals surface area contributed by atoms with E-state index in [1.807, 2.05) is 0 Å². The van der Waals surface area contributed by atoms with Crippen LogP contribution in [0.25, 0.3) is 5.76 Å². The molecule has 2 atom stereocenters. The molecule has 0 spiro atoms. The van der Waals surface area contributed by atoms with Crippen LogP contribution in [0.1, 0.15) is 17.0 Å². The van der Waals surface area contributed by atoms with Gasteiger partial charge in [-0.05, 0) is 17.7 Å². The number of nitrogens with zero attached hydrogens (tertiary/aromatic N) is 1. The van der Waals surface area contributed by atoms with Gasteiger partial charge in [0, 0.05) is 10.0 Å². The van der Waals surface area contributed by atoms with E-state index in [-0.39, 0.29) is 11.1 Å². The minimum atomic E-state index is -5.73. The third kappa shape index (κ3) is 3.47. The van der Waals surface area contributed by atoms with Crippen LogP contribution >= 0.6 is 15.9 Å². The van der Waals surface area contributed by atoms with Gasteiger partial charge in [-0.25, -0.2) is 8.42 Å². The van der Waals surface area contributed by atoms with E-state index in [1.54, 1.807) is 36.4 Å². The first kappa shape index (κ1) is 19.5. The highest BCUT2D eigenvalue weighted by molar-refractivity contribution is 9.10. The number of hydrogen-bond donors (Lipinski definition) is 0. The summed E-state index contributed by atoms with van der Waals surface area (Å²) in [5.74, 6) is -1.85. The number of nitriles is 1. The Labute approximate surface area is 161 Å². The molecule has 3 rings (SSSR count). The van der Waals surface area contributed by atoms with Crippen molar-refractivity contribution in [2.24, 2.45) is 0 Å². The fourth-order valence-electron chi connectivity index (χ4n) is 2.84. The summed E-state index contributed by atoms with van der Waals surface area (Å²) in [7, 11) is -5.73. The molecule has 0 radical (unpaired) electrons. The molecule has 0 aromatic heterocycles. The average Bonchev–Trinajstić information content (AvgIpc) is 3.02. The Morgan fingerprint density at radius 2 is 1.63 bits per heavy atom. The van der Waals surface area contributed by atoms with Gasteiger partial charge < -0.3 is 4.74 Å².